The Morgan fingerprint density at radius 3 is 2.15 bits per heavy atom. The van der Waals surface area contributed by atoms with Gasteiger partial charge in [0.05, 0.1) is 25.4 Å². The van der Waals surface area contributed by atoms with Gasteiger partial charge in [0.1, 0.15) is 30.7 Å². The lowest BCUT2D eigenvalue weighted by Gasteiger charge is -2.21. The number of carbonyl (C=O) groups is 2. The van der Waals surface area contributed by atoms with Gasteiger partial charge in [-0.1, -0.05) is 115 Å². The Kier molecular flexibility index (Phi) is 27.0. The highest BCUT2D eigenvalue weighted by Crippen LogP contribution is 2.60. The second kappa shape index (κ2) is 31.1. The maximum atomic E-state index is 12.8. The number of phosphoric ester groups is 2. The van der Waals surface area contributed by atoms with Gasteiger partial charge in [0, 0.05) is 19.0 Å². The Labute approximate surface area is 389 Å². The summed E-state index contributed by atoms with van der Waals surface area (Å²) in [5.41, 5.74) is 4.57. The zero-order chi connectivity index (χ0) is 48.4. The van der Waals surface area contributed by atoms with Gasteiger partial charge in [-0.3, -0.25) is 23.2 Å². The van der Waals surface area contributed by atoms with Gasteiger partial charge in [-0.25, -0.2) is 13.9 Å². The molecule has 0 saturated carbocycles. The van der Waals surface area contributed by atoms with Crippen LogP contribution in [0.15, 0.2) is 53.5 Å². The molecular weight excluding hydrogens is 900 g/mol. The number of aliphatic hydroxyl groups excluding tert-OH is 2. The van der Waals surface area contributed by atoms with Crippen LogP contribution in [0.3, 0.4) is 0 Å². The maximum Gasteiger partial charge on any atom is 0.481 e. The van der Waals surface area contributed by atoms with E-state index in [1.165, 1.54) is 44.6 Å². The van der Waals surface area contributed by atoms with Crippen molar-refractivity contribution in [2.75, 3.05) is 25.6 Å². The molecule has 0 spiro atoms. The van der Waals surface area contributed by atoms with Crippen LogP contribution in [0.5, 0.6) is 0 Å². The predicted molar refractivity (Wildman–Crippen MR) is 247 cm³/mol. The van der Waals surface area contributed by atoms with E-state index < -0.39 is 83.7 Å². The Hall–Kier alpha value is -3.06. The summed E-state index contributed by atoms with van der Waals surface area (Å²) in [7, 11) is -10.9. The lowest BCUT2D eigenvalue weighted by Crippen LogP contribution is -2.36. The summed E-state index contributed by atoms with van der Waals surface area (Å²) in [6.07, 6.45) is 23.0. The van der Waals surface area contributed by atoms with Gasteiger partial charge >= 0.3 is 33.3 Å². The number of nitrogens with zero attached hydrogens (tertiary/aromatic N) is 2. The highest BCUT2D eigenvalue weighted by molar-refractivity contribution is 7.61. The van der Waals surface area contributed by atoms with E-state index in [4.69, 9.17) is 33.7 Å². The molecule has 3 rings (SSSR count). The number of unbranched alkanes of at least 4 members (excludes halogenated alkanes) is 9. The van der Waals surface area contributed by atoms with Crippen LogP contribution in [0.25, 0.3) is 0 Å². The van der Waals surface area contributed by atoms with Gasteiger partial charge in [0.2, 0.25) is 0 Å². The number of epoxide rings is 1. The molecule has 0 radical (unpaired) electrons. The number of aromatic nitrogens is 2. The molecule has 0 bridgehead atoms. The highest BCUT2D eigenvalue weighted by atomic mass is 31.3. The number of hydrogen-bond acceptors (Lipinski definition) is 16. The molecule has 19 nitrogen and oxygen atoms in total. The standard InChI is InChI=1S/C45H75N3O16P2/c1-4-6-7-8-15-20-25-36-37(62-36)26-21-16-10-9-11-18-23-28-41(50)61-35(31-58-40(49)27-22-17-13-12-14-19-24-34(3)5-2)32-59-65(54,55)64-66(56,57)60-33-38-42(51)43(52)44(63-38)48-30-29-39(46)47-45(48)53/h9,11,15-16,20-21,29-30,34-38,42-44,51-52H,4-8,10,12-14,17-19,22-28,31-33H2,1-3H3,(H,54,55)(H,56,57)(H2,46,47,53)/b11-9-,20-15-,21-16-/t34?,35-,36?,37?,38-,42-,43-,44-/m1/s1. The van der Waals surface area contributed by atoms with Crippen LogP contribution in [-0.4, -0.2) is 97.9 Å². The summed E-state index contributed by atoms with van der Waals surface area (Å²) < 4.78 is 62.3. The van der Waals surface area contributed by atoms with Crippen LogP contribution in [0.1, 0.15) is 149 Å². The first-order chi connectivity index (χ1) is 31.5. The number of anilines is 1. The van der Waals surface area contributed by atoms with Gasteiger partial charge in [0.25, 0.3) is 0 Å². The van der Waals surface area contributed by atoms with Crippen molar-refractivity contribution in [3.05, 3.63) is 59.2 Å². The highest BCUT2D eigenvalue weighted by Gasteiger charge is 2.46. The number of nitrogens with two attached hydrogens (primary N) is 1. The Morgan fingerprint density at radius 2 is 1.44 bits per heavy atom. The molecule has 5 unspecified atom stereocenters. The number of esters is 2. The van der Waals surface area contributed by atoms with Crippen molar-refractivity contribution in [1.82, 2.24) is 9.55 Å². The average molecular weight is 976 g/mol. The van der Waals surface area contributed by atoms with E-state index in [0.717, 1.165) is 68.0 Å². The minimum absolute atomic E-state index is 0.0312. The van der Waals surface area contributed by atoms with Crippen molar-refractivity contribution in [2.45, 2.75) is 186 Å². The SMILES string of the molecule is CCCCC/C=C\CC1OC1C/C=C\C/C=C\CCCC(=O)O[C@H](COC(=O)CCCCCCCCC(C)CC)COP(=O)(O)OP(=O)(O)OC[C@H]1O[C@@H](n2ccc(N)nc2=O)[C@H](O)[C@@H]1O. The van der Waals surface area contributed by atoms with Gasteiger partial charge in [-0.2, -0.15) is 9.29 Å². The van der Waals surface area contributed by atoms with Crippen LogP contribution in [0.4, 0.5) is 5.82 Å². The van der Waals surface area contributed by atoms with Crippen molar-refractivity contribution in [1.29, 1.82) is 0 Å². The molecule has 2 aliphatic rings. The van der Waals surface area contributed by atoms with Crippen LogP contribution >= 0.6 is 15.6 Å². The molecule has 0 aliphatic carbocycles. The monoisotopic (exact) mass is 975 g/mol. The molecule has 2 saturated heterocycles. The fourth-order valence-corrected chi connectivity index (χ4v) is 9.08. The average Bonchev–Trinajstić information content (AvgIpc) is 3.96. The number of ether oxygens (including phenoxy) is 4. The van der Waals surface area contributed by atoms with E-state index in [-0.39, 0.29) is 24.8 Å². The van der Waals surface area contributed by atoms with E-state index in [1.807, 2.05) is 12.2 Å². The van der Waals surface area contributed by atoms with Crippen molar-refractivity contribution >= 4 is 33.4 Å². The van der Waals surface area contributed by atoms with Crippen molar-refractivity contribution in [2.24, 2.45) is 5.92 Å². The molecule has 66 heavy (non-hydrogen) atoms. The summed E-state index contributed by atoms with van der Waals surface area (Å²) >= 11 is 0. The Bertz CT molecular complexity index is 1830. The van der Waals surface area contributed by atoms with Crippen molar-refractivity contribution in [3.63, 3.8) is 0 Å². The van der Waals surface area contributed by atoms with Gasteiger partial charge in [-0.05, 0) is 63.4 Å². The lowest BCUT2D eigenvalue weighted by atomic mass is 10.00. The smallest absolute Gasteiger partial charge is 0.462 e. The zero-order valence-corrected chi connectivity index (χ0v) is 40.6. The summed E-state index contributed by atoms with van der Waals surface area (Å²) in [4.78, 5) is 61.7. The molecule has 2 fully saturated rings. The number of aliphatic hydroxyl groups is 2. The van der Waals surface area contributed by atoms with E-state index >= 15 is 0 Å². The maximum absolute atomic E-state index is 12.8. The van der Waals surface area contributed by atoms with Crippen LogP contribution < -0.4 is 11.4 Å². The van der Waals surface area contributed by atoms with E-state index in [0.29, 0.717) is 25.4 Å². The van der Waals surface area contributed by atoms with Crippen LogP contribution in [0.2, 0.25) is 0 Å². The van der Waals surface area contributed by atoms with E-state index in [1.54, 1.807) is 0 Å². The summed E-state index contributed by atoms with van der Waals surface area (Å²) in [6, 6.07) is 1.24. The second-order valence-electron chi connectivity index (χ2n) is 16.9. The molecule has 3 heterocycles. The van der Waals surface area contributed by atoms with E-state index in [2.05, 4.69) is 54.4 Å². The first-order valence-electron chi connectivity index (χ1n) is 23.5. The zero-order valence-electron chi connectivity index (χ0n) is 38.8. The summed E-state index contributed by atoms with van der Waals surface area (Å²) in [5.74, 6) is -0.658. The fourth-order valence-electron chi connectivity index (χ4n) is 6.97. The van der Waals surface area contributed by atoms with Gasteiger partial charge in [0.15, 0.2) is 12.3 Å². The van der Waals surface area contributed by atoms with Crippen LogP contribution in [0, 0.1) is 5.92 Å². The lowest BCUT2D eigenvalue weighted by molar-refractivity contribution is -0.161. The number of phosphoric acid groups is 2. The number of nitrogen functional groups attached to an aromatic ring is 1. The molecular formula is C45H75N3O16P2. The molecule has 0 amide bonds. The molecule has 1 aromatic heterocycles. The third kappa shape index (κ3) is 23.8. The Balaban J connectivity index is 1.44. The van der Waals surface area contributed by atoms with Gasteiger partial charge < -0.3 is 44.7 Å². The second-order valence-corrected chi connectivity index (χ2v) is 19.9. The summed E-state index contributed by atoms with van der Waals surface area (Å²) in [5, 5.41) is 20.9. The Morgan fingerprint density at radius 1 is 0.803 bits per heavy atom. The molecule has 1 aromatic rings. The minimum atomic E-state index is -5.43. The molecule has 21 heteroatoms. The third-order valence-electron chi connectivity index (χ3n) is 11.2. The molecule has 376 valence electrons. The normalized spacial score (nSPS) is 23.6. The summed E-state index contributed by atoms with van der Waals surface area (Å²) in [6.45, 7) is 4.27. The number of rotatable bonds is 36. The molecule has 0 aromatic carbocycles. The quantitative estimate of drug-likeness (QED) is 0.0142. The number of hydrogen-bond donors (Lipinski definition) is 5. The number of allylic oxidation sites excluding steroid dienone is 4. The van der Waals surface area contributed by atoms with Gasteiger partial charge in [-0.15, -0.1) is 0 Å². The van der Waals surface area contributed by atoms with E-state index in [9.17, 15) is 43.5 Å². The largest absolute Gasteiger partial charge is 0.481 e. The fraction of sp³-hybridized carbons (Fsp3) is 0.733. The first kappa shape index (κ1) is 57.3. The van der Waals surface area contributed by atoms with Crippen molar-refractivity contribution < 1.29 is 71.0 Å². The molecule has 6 N–H and O–H groups in total. The van der Waals surface area contributed by atoms with Crippen molar-refractivity contribution in [3.8, 4) is 0 Å². The van der Waals surface area contributed by atoms with Crippen LogP contribution in [-0.2, 0) is 51.0 Å². The molecule has 2 aliphatic heterocycles. The minimum Gasteiger partial charge on any atom is -0.462 e. The third-order valence-corrected chi connectivity index (χ3v) is 13.8. The molecule has 10 atom stereocenters. The predicted octanol–water partition coefficient (Wildman–Crippen LogP) is 7.67. The topological polar surface area (TPSA) is 278 Å². The number of carbonyl (C=O) groups excluding carboxylic acids is 2. The first-order valence-corrected chi connectivity index (χ1v) is 26.5.